The van der Waals surface area contributed by atoms with Gasteiger partial charge in [-0.15, -0.1) is 0 Å². The third kappa shape index (κ3) is 2.63. The Hall–Kier alpha value is -1.62. The largest absolute Gasteiger partial charge is 0.341 e. The second kappa shape index (κ2) is 5.79. The molecule has 5 heteroatoms. The van der Waals surface area contributed by atoms with Gasteiger partial charge in [0.15, 0.2) is 0 Å². The molecule has 1 aromatic heterocycles. The fourth-order valence-electron chi connectivity index (χ4n) is 2.72. The first-order chi connectivity index (χ1) is 9.75. The van der Waals surface area contributed by atoms with Gasteiger partial charge in [-0.2, -0.15) is 0 Å². The number of hydrogen-bond donors (Lipinski definition) is 0. The van der Waals surface area contributed by atoms with E-state index in [1.165, 1.54) is 24.2 Å². The third-order valence-electron chi connectivity index (χ3n) is 3.83. The highest BCUT2D eigenvalue weighted by Crippen LogP contribution is 2.17. The first kappa shape index (κ1) is 13.4. The molecule has 0 spiro atoms. The molecule has 0 bridgehead atoms. The van der Waals surface area contributed by atoms with E-state index in [1.54, 1.807) is 4.57 Å². The van der Waals surface area contributed by atoms with Crippen molar-refractivity contribution < 1.29 is 4.79 Å². The van der Waals surface area contributed by atoms with Gasteiger partial charge in [0.2, 0.25) is 5.91 Å². The Morgan fingerprint density at radius 3 is 2.55 bits per heavy atom. The van der Waals surface area contributed by atoms with Crippen LogP contribution < -0.4 is 4.87 Å². The van der Waals surface area contributed by atoms with E-state index in [-0.39, 0.29) is 17.3 Å². The van der Waals surface area contributed by atoms with Gasteiger partial charge >= 0.3 is 4.87 Å². The fraction of sp³-hybridized carbons (Fsp3) is 0.467. The monoisotopic (exact) mass is 290 g/mol. The molecule has 0 radical (unpaired) electrons. The summed E-state index contributed by atoms with van der Waals surface area (Å²) in [4.78, 5) is 26.3. The minimum Gasteiger partial charge on any atom is -0.341 e. The lowest BCUT2D eigenvalue weighted by Crippen LogP contribution is -2.36. The molecule has 2 aromatic rings. The topological polar surface area (TPSA) is 42.3 Å². The molecule has 1 fully saturated rings. The quantitative estimate of drug-likeness (QED) is 0.852. The van der Waals surface area contributed by atoms with Crippen LogP contribution >= 0.6 is 11.3 Å². The maximum atomic E-state index is 12.4. The Morgan fingerprint density at radius 2 is 1.80 bits per heavy atom. The summed E-state index contributed by atoms with van der Waals surface area (Å²) in [5.74, 6) is 0.0672. The molecular formula is C15H18N2O2S. The van der Waals surface area contributed by atoms with Crippen LogP contribution in [-0.4, -0.2) is 28.5 Å². The van der Waals surface area contributed by atoms with Crippen molar-refractivity contribution in [3.8, 4) is 0 Å². The molecule has 0 aliphatic carbocycles. The van der Waals surface area contributed by atoms with Crippen molar-refractivity contribution in [3.63, 3.8) is 0 Å². The van der Waals surface area contributed by atoms with Crippen LogP contribution in [0.4, 0.5) is 0 Å². The molecule has 1 aliphatic heterocycles. The van der Waals surface area contributed by atoms with Crippen molar-refractivity contribution in [3.05, 3.63) is 33.9 Å². The van der Waals surface area contributed by atoms with Crippen LogP contribution in [0.25, 0.3) is 10.2 Å². The number of carbonyl (C=O) groups is 1. The number of thiazole rings is 1. The van der Waals surface area contributed by atoms with Crippen LogP contribution in [0.5, 0.6) is 0 Å². The predicted octanol–water partition coefficient (Wildman–Crippen LogP) is 2.47. The van der Waals surface area contributed by atoms with Crippen LogP contribution in [-0.2, 0) is 11.3 Å². The minimum atomic E-state index is -0.0469. The second-order valence-electron chi connectivity index (χ2n) is 5.22. The van der Waals surface area contributed by atoms with Crippen molar-refractivity contribution in [2.75, 3.05) is 13.1 Å². The summed E-state index contributed by atoms with van der Waals surface area (Å²) in [7, 11) is 0. The van der Waals surface area contributed by atoms with Crippen LogP contribution in [0.15, 0.2) is 29.1 Å². The van der Waals surface area contributed by atoms with E-state index in [9.17, 15) is 9.59 Å². The molecule has 0 unspecified atom stereocenters. The van der Waals surface area contributed by atoms with E-state index in [4.69, 9.17) is 0 Å². The highest BCUT2D eigenvalue weighted by atomic mass is 32.1. The summed E-state index contributed by atoms with van der Waals surface area (Å²) in [6, 6.07) is 7.65. The van der Waals surface area contributed by atoms with Crippen molar-refractivity contribution in [2.45, 2.75) is 32.2 Å². The zero-order chi connectivity index (χ0) is 13.9. The normalized spacial score (nSPS) is 16.3. The number of likely N-dealkylation sites (tertiary alicyclic amines) is 1. The average Bonchev–Trinajstić information content (AvgIpc) is 2.66. The number of fused-ring (bicyclic) bond motifs is 1. The van der Waals surface area contributed by atoms with Gasteiger partial charge in [0.05, 0.1) is 10.2 Å². The maximum absolute atomic E-state index is 12.4. The summed E-state index contributed by atoms with van der Waals surface area (Å²) in [5, 5.41) is 0. The van der Waals surface area contributed by atoms with Crippen molar-refractivity contribution >= 4 is 27.5 Å². The highest BCUT2D eigenvalue weighted by molar-refractivity contribution is 7.16. The number of nitrogens with zero attached hydrogens (tertiary/aromatic N) is 2. The first-order valence-corrected chi connectivity index (χ1v) is 7.93. The van der Waals surface area contributed by atoms with Crippen LogP contribution in [0.2, 0.25) is 0 Å². The molecule has 1 aliphatic rings. The summed E-state index contributed by atoms with van der Waals surface area (Å²) in [6.45, 7) is 1.83. The lowest BCUT2D eigenvalue weighted by Gasteiger charge is -2.20. The number of hydrogen-bond acceptors (Lipinski definition) is 3. The van der Waals surface area contributed by atoms with E-state index in [2.05, 4.69) is 0 Å². The Balaban J connectivity index is 1.83. The maximum Gasteiger partial charge on any atom is 0.308 e. The Bertz CT molecular complexity index is 666. The molecule has 1 aromatic carbocycles. The Labute approximate surface area is 121 Å². The summed E-state index contributed by atoms with van der Waals surface area (Å²) in [5.41, 5.74) is 0.866. The molecular weight excluding hydrogens is 272 g/mol. The zero-order valence-corrected chi connectivity index (χ0v) is 12.2. The Kier molecular flexibility index (Phi) is 3.87. The van der Waals surface area contributed by atoms with E-state index in [0.717, 1.165) is 36.1 Å². The summed E-state index contributed by atoms with van der Waals surface area (Å²) in [6.07, 6.45) is 4.55. The molecule has 3 rings (SSSR count). The second-order valence-corrected chi connectivity index (χ2v) is 6.21. The van der Waals surface area contributed by atoms with Gasteiger partial charge in [-0.3, -0.25) is 14.2 Å². The van der Waals surface area contributed by atoms with Gasteiger partial charge in [-0.25, -0.2) is 0 Å². The molecule has 1 amide bonds. The van der Waals surface area contributed by atoms with Crippen molar-refractivity contribution in [1.82, 2.24) is 9.47 Å². The van der Waals surface area contributed by atoms with E-state index >= 15 is 0 Å². The fourth-order valence-corrected chi connectivity index (χ4v) is 3.61. The number of benzene rings is 1. The summed E-state index contributed by atoms with van der Waals surface area (Å²) < 4.78 is 2.55. The van der Waals surface area contributed by atoms with Crippen molar-refractivity contribution in [2.24, 2.45) is 0 Å². The number of rotatable bonds is 2. The lowest BCUT2D eigenvalue weighted by atomic mass is 10.2. The van der Waals surface area contributed by atoms with Crippen LogP contribution in [0.3, 0.4) is 0 Å². The smallest absolute Gasteiger partial charge is 0.308 e. The van der Waals surface area contributed by atoms with Gasteiger partial charge < -0.3 is 4.90 Å². The SMILES string of the molecule is O=C(Cn1c(=O)sc2ccccc21)N1CCCCCC1. The predicted molar refractivity (Wildman–Crippen MR) is 81.1 cm³/mol. The zero-order valence-electron chi connectivity index (χ0n) is 11.4. The molecule has 2 heterocycles. The van der Waals surface area contributed by atoms with Gasteiger partial charge in [0.1, 0.15) is 6.54 Å². The molecule has 1 saturated heterocycles. The number of aromatic nitrogens is 1. The highest BCUT2D eigenvalue weighted by Gasteiger charge is 2.18. The van der Waals surface area contributed by atoms with Gasteiger partial charge in [0, 0.05) is 13.1 Å². The average molecular weight is 290 g/mol. The molecule has 20 heavy (non-hydrogen) atoms. The number of carbonyl (C=O) groups excluding carboxylic acids is 1. The molecule has 0 atom stereocenters. The van der Waals surface area contributed by atoms with E-state index in [0.29, 0.717) is 0 Å². The van der Waals surface area contributed by atoms with Gasteiger partial charge in [0.25, 0.3) is 0 Å². The third-order valence-corrected chi connectivity index (χ3v) is 4.79. The van der Waals surface area contributed by atoms with E-state index in [1.807, 2.05) is 29.2 Å². The molecule has 4 nitrogen and oxygen atoms in total. The van der Waals surface area contributed by atoms with Crippen molar-refractivity contribution in [1.29, 1.82) is 0 Å². The minimum absolute atomic E-state index is 0.0469. The van der Waals surface area contributed by atoms with Crippen LogP contribution in [0.1, 0.15) is 25.7 Å². The molecule has 0 saturated carbocycles. The molecule has 0 N–H and O–H groups in total. The number of para-hydroxylation sites is 1. The Morgan fingerprint density at radius 1 is 1.10 bits per heavy atom. The summed E-state index contributed by atoms with van der Waals surface area (Å²) >= 11 is 1.21. The first-order valence-electron chi connectivity index (χ1n) is 7.12. The molecule has 106 valence electrons. The van der Waals surface area contributed by atoms with E-state index < -0.39 is 0 Å². The van der Waals surface area contributed by atoms with Crippen LogP contribution in [0, 0.1) is 0 Å². The number of amides is 1. The van der Waals surface area contributed by atoms with Gasteiger partial charge in [-0.1, -0.05) is 36.3 Å². The van der Waals surface area contributed by atoms with Gasteiger partial charge in [-0.05, 0) is 25.0 Å². The lowest BCUT2D eigenvalue weighted by molar-refractivity contribution is -0.131. The standard InChI is InChI=1S/C15H18N2O2S/c18-14(16-9-5-1-2-6-10-16)11-17-12-7-3-4-8-13(12)20-15(17)19/h3-4,7-8H,1-2,5-6,9-11H2.